The first-order chi connectivity index (χ1) is 12.9. The van der Waals surface area contributed by atoms with E-state index in [2.05, 4.69) is 10.1 Å². The van der Waals surface area contributed by atoms with E-state index in [0.29, 0.717) is 21.8 Å². The van der Waals surface area contributed by atoms with Crippen LogP contribution in [-0.2, 0) is 4.84 Å². The third kappa shape index (κ3) is 2.57. The summed E-state index contributed by atoms with van der Waals surface area (Å²) < 4.78 is 1.70. The molecule has 0 spiro atoms. The molecule has 4 rings (SSSR count). The van der Waals surface area contributed by atoms with Gasteiger partial charge in [0, 0.05) is 11.7 Å². The molecule has 0 aliphatic carbocycles. The molecule has 1 aliphatic heterocycles. The van der Waals surface area contributed by atoms with Crippen LogP contribution in [0.25, 0.3) is 11.0 Å². The van der Waals surface area contributed by atoms with Gasteiger partial charge in [-0.2, -0.15) is 5.10 Å². The molecule has 0 unspecified atom stereocenters. The van der Waals surface area contributed by atoms with Crippen LogP contribution in [0.3, 0.4) is 0 Å². The highest BCUT2D eigenvalue weighted by Crippen LogP contribution is 2.26. The van der Waals surface area contributed by atoms with Gasteiger partial charge < -0.3 is 4.84 Å². The fourth-order valence-electron chi connectivity index (χ4n) is 3.07. The van der Waals surface area contributed by atoms with Gasteiger partial charge in [-0.15, -0.1) is 0 Å². The molecule has 2 amide bonds. The van der Waals surface area contributed by atoms with Crippen molar-refractivity contribution >= 4 is 28.8 Å². The molecule has 0 saturated carbocycles. The summed E-state index contributed by atoms with van der Waals surface area (Å²) in [5.41, 5.74) is 1.75. The molecule has 3 aromatic rings. The molecule has 136 valence electrons. The second-order valence-corrected chi connectivity index (χ2v) is 6.56. The Kier molecular flexibility index (Phi) is 3.76. The lowest BCUT2D eigenvalue weighted by atomic mass is 10.1. The molecule has 0 fully saturated rings. The largest absolute Gasteiger partial charge is 0.364 e. The summed E-state index contributed by atoms with van der Waals surface area (Å²) in [4.78, 5) is 47.2. The Balaban J connectivity index is 1.71. The predicted molar refractivity (Wildman–Crippen MR) is 95.0 cm³/mol. The summed E-state index contributed by atoms with van der Waals surface area (Å²) in [6.45, 7) is 5.65. The number of pyridine rings is 1. The van der Waals surface area contributed by atoms with Gasteiger partial charge in [-0.25, -0.2) is 14.5 Å². The number of fused-ring (bicyclic) bond motifs is 2. The first-order valence-corrected chi connectivity index (χ1v) is 8.43. The monoisotopic (exact) mass is 364 g/mol. The van der Waals surface area contributed by atoms with Gasteiger partial charge in [-0.1, -0.05) is 17.2 Å². The highest BCUT2D eigenvalue weighted by molar-refractivity contribution is 6.21. The number of amides is 2. The summed E-state index contributed by atoms with van der Waals surface area (Å²) >= 11 is 0. The molecule has 0 bridgehead atoms. The first kappa shape index (κ1) is 16.9. The molecule has 27 heavy (non-hydrogen) atoms. The van der Waals surface area contributed by atoms with Gasteiger partial charge >= 0.3 is 5.97 Å². The average molecular weight is 364 g/mol. The average Bonchev–Trinajstić information content (AvgIpc) is 3.16. The Morgan fingerprint density at radius 1 is 1.11 bits per heavy atom. The van der Waals surface area contributed by atoms with Crippen molar-refractivity contribution in [3.8, 4) is 0 Å². The van der Waals surface area contributed by atoms with Crippen LogP contribution < -0.4 is 0 Å². The lowest BCUT2D eigenvalue weighted by molar-refractivity contribution is -0.0583. The van der Waals surface area contributed by atoms with E-state index < -0.39 is 17.8 Å². The minimum Gasteiger partial charge on any atom is -0.324 e. The van der Waals surface area contributed by atoms with E-state index in [1.165, 1.54) is 18.3 Å². The van der Waals surface area contributed by atoms with E-state index >= 15 is 0 Å². The number of hydrogen-bond donors (Lipinski definition) is 0. The summed E-state index contributed by atoms with van der Waals surface area (Å²) in [5, 5.41) is 5.27. The number of aromatic nitrogens is 3. The van der Waals surface area contributed by atoms with E-state index in [0.717, 1.165) is 0 Å². The Labute approximate surface area is 154 Å². The maximum atomic E-state index is 12.8. The molecule has 1 aromatic carbocycles. The predicted octanol–water partition coefficient (Wildman–Crippen LogP) is 2.69. The molecule has 0 radical (unpaired) electrons. The van der Waals surface area contributed by atoms with Gasteiger partial charge in [-0.05, 0) is 39.0 Å². The number of nitrogens with zero attached hydrogens (tertiary/aromatic N) is 4. The van der Waals surface area contributed by atoms with Gasteiger partial charge in [0.15, 0.2) is 5.65 Å². The van der Waals surface area contributed by atoms with Gasteiger partial charge in [0.05, 0.1) is 28.3 Å². The van der Waals surface area contributed by atoms with Crippen molar-refractivity contribution in [2.24, 2.45) is 0 Å². The van der Waals surface area contributed by atoms with Crippen molar-refractivity contribution < 1.29 is 19.2 Å². The molecule has 2 aromatic heterocycles. The van der Waals surface area contributed by atoms with E-state index in [4.69, 9.17) is 4.84 Å². The third-order valence-corrected chi connectivity index (χ3v) is 4.33. The minimum absolute atomic E-state index is 0.0527. The zero-order valence-corrected chi connectivity index (χ0v) is 15.0. The molecular weight excluding hydrogens is 348 g/mol. The molecule has 0 atom stereocenters. The third-order valence-electron chi connectivity index (χ3n) is 4.33. The fraction of sp³-hybridized carbons (Fsp3) is 0.211. The van der Waals surface area contributed by atoms with Crippen LogP contribution in [0.4, 0.5) is 0 Å². The molecule has 8 nitrogen and oxygen atoms in total. The maximum absolute atomic E-state index is 12.8. The number of rotatable bonds is 3. The second-order valence-electron chi connectivity index (χ2n) is 6.56. The van der Waals surface area contributed by atoms with Crippen molar-refractivity contribution in [3.05, 3.63) is 58.9 Å². The van der Waals surface area contributed by atoms with Crippen LogP contribution in [0, 0.1) is 6.92 Å². The topological polar surface area (TPSA) is 94.4 Å². The molecule has 3 heterocycles. The fourth-order valence-corrected chi connectivity index (χ4v) is 3.07. The highest BCUT2D eigenvalue weighted by atomic mass is 16.7. The zero-order chi connectivity index (χ0) is 19.3. The molecule has 0 saturated heterocycles. The summed E-state index contributed by atoms with van der Waals surface area (Å²) in [6.07, 6.45) is 1.53. The van der Waals surface area contributed by atoms with Crippen LogP contribution in [-0.4, -0.2) is 37.6 Å². The standard InChI is InChI=1S/C19H16N4O4/c1-10(2)22-16-15(9-20-22)14(8-11(3)21-16)19(26)27-23-17(24)12-6-4-5-7-13(12)18(23)25/h4-10H,1-3H3. The van der Waals surface area contributed by atoms with Crippen LogP contribution in [0.15, 0.2) is 36.5 Å². The van der Waals surface area contributed by atoms with Crippen LogP contribution in [0.2, 0.25) is 0 Å². The van der Waals surface area contributed by atoms with Gasteiger partial charge in [0.1, 0.15) is 0 Å². The van der Waals surface area contributed by atoms with E-state index in [9.17, 15) is 14.4 Å². The maximum Gasteiger partial charge on any atom is 0.364 e. The zero-order valence-electron chi connectivity index (χ0n) is 15.0. The molecule has 1 aliphatic rings. The van der Waals surface area contributed by atoms with Gasteiger partial charge in [-0.3, -0.25) is 9.59 Å². The number of benzene rings is 1. The minimum atomic E-state index is -0.816. The summed E-state index contributed by atoms with van der Waals surface area (Å²) in [5.74, 6) is -2.14. The number of aryl methyl sites for hydroxylation is 1. The Morgan fingerprint density at radius 2 is 1.74 bits per heavy atom. The lowest BCUT2D eigenvalue weighted by Crippen LogP contribution is -2.32. The number of hydroxylamine groups is 2. The highest BCUT2D eigenvalue weighted by Gasteiger charge is 2.39. The van der Waals surface area contributed by atoms with Gasteiger partial charge in [0.2, 0.25) is 0 Å². The smallest absolute Gasteiger partial charge is 0.324 e. The summed E-state index contributed by atoms with van der Waals surface area (Å²) in [6, 6.07) is 7.93. The van der Waals surface area contributed by atoms with Crippen molar-refractivity contribution in [2.45, 2.75) is 26.8 Å². The van der Waals surface area contributed by atoms with E-state index in [-0.39, 0.29) is 22.7 Å². The van der Waals surface area contributed by atoms with Gasteiger partial charge in [0.25, 0.3) is 11.8 Å². The van der Waals surface area contributed by atoms with Crippen LogP contribution in [0.5, 0.6) is 0 Å². The summed E-state index contributed by atoms with van der Waals surface area (Å²) in [7, 11) is 0. The number of carbonyl (C=O) groups is 3. The molecule has 8 heteroatoms. The van der Waals surface area contributed by atoms with E-state index in [1.54, 1.807) is 29.8 Å². The van der Waals surface area contributed by atoms with E-state index in [1.807, 2.05) is 13.8 Å². The SMILES string of the molecule is Cc1cc(C(=O)ON2C(=O)c3ccccc3C2=O)c2cnn(C(C)C)c2n1. The number of carbonyl (C=O) groups excluding carboxylic acids is 3. The van der Waals surface area contributed by atoms with Crippen LogP contribution in [0.1, 0.15) is 56.7 Å². The first-order valence-electron chi connectivity index (χ1n) is 8.43. The molecular formula is C19H16N4O4. The van der Waals surface area contributed by atoms with Crippen LogP contribution >= 0.6 is 0 Å². The molecule has 0 N–H and O–H groups in total. The number of imide groups is 1. The van der Waals surface area contributed by atoms with Crippen molar-refractivity contribution in [2.75, 3.05) is 0 Å². The second kappa shape index (κ2) is 6.01. The van der Waals surface area contributed by atoms with Crippen molar-refractivity contribution in [1.82, 2.24) is 19.8 Å². The lowest BCUT2D eigenvalue weighted by Gasteiger charge is -2.13. The Morgan fingerprint density at radius 3 is 2.33 bits per heavy atom. The Bertz CT molecular complexity index is 1080. The van der Waals surface area contributed by atoms with Crippen molar-refractivity contribution in [3.63, 3.8) is 0 Å². The quantitative estimate of drug-likeness (QED) is 0.663. The normalized spacial score (nSPS) is 13.6. The Hall–Kier alpha value is -3.55. The van der Waals surface area contributed by atoms with Crippen molar-refractivity contribution in [1.29, 1.82) is 0 Å². The number of hydrogen-bond acceptors (Lipinski definition) is 6.